The molecular formula is C9H9N3O2S. The van der Waals surface area contributed by atoms with Crippen LogP contribution in [0, 0.1) is 0 Å². The summed E-state index contributed by atoms with van der Waals surface area (Å²) in [5.41, 5.74) is 1.08. The number of pyridine rings is 1. The zero-order valence-electron chi connectivity index (χ0n) is 8.27. The fourth-order valence-corrected chi connectivity index (χ4v) is 1.98. The lowest BCUT2D eigenvalue weighted by Crippen LogP contribution is -2.03. The number of hydrogen-bond acceptors (Lipinski definition) is 6. The Morgan fingerprint density at radius 1 is 1.60 bits per heavy atom. The van der Waals surface area contributed by atoms with Crippen LogP contribution in [0.2, 0.25) is 0 Å². The molecule has 0 aliphatic carbocycles. The van der Waals surface area contributed by atoms with Gasteiger partial charge in [-0.3, -0.25) is 0 Å². The third kappa shape index (κ3) is 1.75. The fraction of sp³-hybridized carbons (Fsp3) is 0.222. The Bertz CT molecular complexity index is 509. The van der Waals surface area contributed by atoms with E-state index in [2.05, 4.69) is 20.0 Å². The highest BCUT2D eigenvalue weighted by molar-refractivity contribution is 7.22. The molecule has 2 aromatic rings. The molecular weight excluding hydrogens is 214 g/mol. The summed E-state index contributed by atoms with van der Waals surface area (Å²) in [5.74, 6) is -0.434. The molecule has 0 atom stereocenters. The van der Waals surface area contributed by atoms with Crippen LogP contribution in [0.5, 0.6) is 0 Å². The van der Waals surface area contributed by atoms with Gasteiger partial charge in [0.1, 0.15) is 11.2 Å². The molecule has 15 heavy (non-hydrogen) atoms. The average Bonchev–Trinajstić information content (AvgIpc) is 2.69. The lowest BCUT2D eigenvalue weighted by Gasteiger charge is -1.96. The van der Waals surface area contributed by atoms with Crippen LogP contribution < -0.4 is 5.32 Å². The molecule has 0 bridgehead atoms. The van der Waals surface area contributed by atoms with Crippen molar-refractivity contribution in [3.8, 4) is 0 Å². The van der Waals surface area contributed by atoms with Gasteiger partial charge >= 0.3 is 5.97 Å². The predicted molar refractivity (Wildman–Crippen MR) is 58.3 cm³/mol. The molecule has 78 valence electrons. The van der Waals surface area contributed by atoms with Gasteiger partial charge in [0.2, 0.25) is 0 Å². The number of carbonyl (C=O) groups is 1. The van der Waals surface area contributed by atoms with E-state index in [1.54, 1.807) is 19.3 Å². The van der Waals surface area contributed by atoms with E-state index < -0.39 is 5.97 Å². The number of hydrogen-bond donors (Lipinski definition) is 1. The summed E-state index contributed by atoms with van der Waals surface area (Å²) in [6, 6.07) is 1.68. The van der Waals surface area contributed by atoms with Gasteiger partial charge < -0.3 is 10.1 Å². The minimum absolute atomic E-state index is 0.302. The number of nitrogens with zero attached hydrogens (tertiary/aromatic N) is 2. The topological polar surface area (TPSA) is 64.1 Å². The summed E-state index contributed by atoms with van der Waals surface area (Å²) in [6.07, 6.45) is 1.57. The molecule has 0 unspecified atom stereocenters. The summed E-state index contributed by atoms with van der Waals surface area (Å²) in [4.78, 5) is 19.4. The van der Waals surface area contributed by atoms with E-state index in [9.17, 15) is 4.79 Å². The maximum absolute atomic E-state index is 11.2. The van der Waals surface area contributed by atoms with Gasteiger partial charge in [0.05, 0.1) is 18.0 Å². The van der Waals surface area contributed by atoms with E-state index in [0.717, 1.165) is 15.3 Å². The molecule has 2 heterocycles. The number of carbonyl (C=O) groups excluding carboxylic acids is 1. The molecule has 0 fully saturated rings. The highest BCUT2D eigenvalue weighted by atomic mass is 32.1. The number of nitrogens with one attached hydrogen (secondary N) is 1. The van der Waals surface area contributed by atoms with Crippen molar-refractivity contribution in [2.75, 3.05) is 19.5 Å². The van der Waals surface area contributed by atoms with Gasteiger partial charge in [-0.05, 0) is 6.07 Å². The lowest BCUT2D eigenvalue weighted by atomic mass is 10.3. The van der Waals surface area contributed by atoms with Crippen molar-refractivity contribution in [3.05, 3.63) is 18.0 Å². The molecule has 0 radical (unpaired) electrons. The zero-order chi connectivity index (χ0) is 10.8. The van der Waals surface area contributed by atoms with Crippen molar-refractivity contribution in [2.24, 2.45) is 0 Å². The molecule has 0 aromatic carbocycles. The van der Waals surface area contributed by atoms with Gasteiger partial charge in [-0.1, -0.05) is 11.3 Å². The normalized spacial score (nSPS) is 10.3. The van der Waals surface area contributed by atoms with Gasteiger partial charge in [0.25, 0.3) is 0 Å². The summed E-state index contributed by atoms with van der Waals surface area (Å²) in [5, 5.41) is 3.74. The molecule has 0 aliphatic heterocycles. The first-order chi connectivity index (χ1) is 7.24. The molecule has 0 aliphatic rings. The number of ether oxygens (including phenoxy) is 1. The van der Waals surface area contributed by atoms with Crippen LogP contribution in [0.3, 0.4) is 0 Å². The van der Waals surface area contributed by atoms with Crippen LogP contribution in [0.1, 0.15) is 10.5 Å². The van der Waals surface area contributed by atoms with Crippen LogP contribution in [0.15, 0.2) is 12.3 Å². The monoisotopic (exact) mass is 223 g/mol. The summed E-state index contributed by atoms with van der Waals surface area (Å²) in [7, 11) is 3.13. The second-order valence-corrected chi connectivity index (χ2v) is 3.83. The van der Waals surface area contributed by atoms with E-state index in [1.807, 2.05) is 0 Å². The molecule has 0 spiro atoms. The van der Waals surface area contributed by atoms with E-state index in [1.165, 1.54) is 18.4 Å². The van der Waals surface area contributed by atoms with Gasteiger partial charge in [-0.15, -0.1) is 0 Å². The number of thiazole rings is 1. The van der Waals surface area contributed by atoms with E-state index in [0.29, 0.717) is 5.69 Å². The molecule has 6 heteroatoms. The van der Waals surface area contributed by atoms with Gasteiger partial charge in [0.15, 0.2) is 5.13 Å². The molecule has 0 saturated heterocycles. The standard InChI is InChI=1S/C9H9N3O2S/c1-10-9-12-6-4-11-5(8(13)14-2)3-7(6)15-9/h3-4H,1-2H3,(H,10,12). The smallest absolute Gasteiger partial charge is 0.356 e. The molecule has 5 nitrogen and oxygen atoms in total. The molecule has 1 N–H and O–H groups in total. The van der Waals surface area contributed by atoms with Gasteiger partial charge in [-0.2, -0.15) is 0 Å². The summed E-state index contributed by atoms with van der Waals surface area (Å²) < 4.78 is 5.50. The summed E-state index contributed by atoms with van der Waals surface area (Å²) >= 11 is 1.47. The van der Waals surface area contributed by atoms with Crippen molar-refractivity contribution in [1.82, 2.24) is 9.97 Å². The Kier molecular flexibility index (Phi) is 2.51. The molecule has 2 aromatic heterocycles. The first-order valence-corrected chi connectivity index (χ1v) is 5.09. The van der Waals surface area contributed by atoms with Crippen molar-refractivity contribution in [2.45, 2.75) is 0 Å². The minimum Gasteiger partial charge on any atom is -0.464 e. The number of methoxy groups -OCH3 is 1. The van der Waals surface area contributed by atoms with Crippen molar-refractivity contribution in [3.63, 3.8) is 0 Å². The average molecular weight is 223 g/mol. The van der Waals surface area contributed by atoms with Crippen molar-refractivity contribution < 1.29 is 9.53 Å². The van der Waals surface area contributed by atoms with E-state index in [4.69, 9.17) is 0 Å². The quantitative estimate of drug-likeness (QED) is 0.782. The lowest BCUT2D eigenvalue weighted by molar-refractivity contribution is 0.0594. The van der Waals surface area contributed by atoms with E-state index >= 15 is 0 Å². The highest BCUT2D eigenvalue weighted by Crippen LogP contribution is 2.25. The second-order valence-electron chi connectivity index (χ2n) is 2.80. The molecule has 0 amide bonds. The molecule has 0 saturated carbocycles. The Morgan fingerprint density at radius 2 is 2.40 bits per heavy atom. The van der Waals surface area contributed by atoms with Crippen LogP contribution in [-0.2, 0) is 4.74 Å². The largest absolute Gasteiger partial charge is 0.464 e. The van der Waals surface area contributed by atoms with Crippen LogP contribution in [0.4, 0.5) is 5.13 Å². The first kappa shape index (κ1) is 9.85. The maximum Gasteiger partial charge on any atom is 0.356 e. The number of fused-ring (bicyclic) bond motifs is 1. The minimum atomic E-state index is -0.434. The van der Waals surface area contributed by atoms with Gasteiger partial charge in [-0.25, -0.2) is 14.8 Å². The second kappa shape index (κ2) is 3.82. The third-order valence-corrected chi connectivity index (χ3v) is 2.92. The number of rotatable bonds is 2. The highest BCUT2D eigenvalue weighted by Gasteiger charge is 2.10. The SMILES string of the molecule is CNc1nc2cnc(C(=O)OC)cc2s1. The predicted octanol–water partition coefficient (Wildman–Crippen LogP) is 1.52. The zero-order valence-corrected chi connectivity index (χ0v) is 9.09. The van der Waals surface area contributed by atoms with Crippen molar-refractivity contribution >= 4 is 32.7 Å². The Morgan fingerprint density at radius 3 is 3.07 bits per heavy atom. The first-order valence-electron chi connectivity index (χ1n) is 4.27. The number of anilines is 1. The Labute approximate surface area is 90.1 Å². The Hall–Kier alpha value is -1.69. The number of aromatic nitrogens is 2. The number of esters is 1. The van der Waals surface area contributed by atoms with Crippen LogP contribution in [0.25, 0.3) is 10.2 Å². The summed E-state index contributed by atoms with van der Waals surface area (Å²) in [6.45, 7) is 0. The van der Waals surface area contributed by atoms with Crippen molar-refractivity contribution in [1.29, 1.82) is 0 Å². The Balaban J connectivity index is 2.50. The van der Waals surface area contributed by atoms with Crippen LogP contribution in [-0.4, -0.2) is 30.1 Å². The molecule has 2 rings (SSSR count). The van der Waals surface area contributed by atoms with Gasteiger partial charge in [0, 0.05) is 7.05 Å². The van der Waals surface area contributed by atoms with E-state index in [-0.39, 0.29) is 0 Å². The fourth-order valence-electron chi connectivity index (χ4n) is 1.15. The third-order valence-electron chi connectivity index (χ3n) is 1.88. The van der Waals surface area contributed by atoms with Crippen LogP contribution >= 0.6 is 11.3 Å². The maximum atomic E-state index is 11.2.